The van der Waals surface area contributed by atoms with Gasteiger partial charge < -0.3 is 14.5 Å². The van der Waals surface area contributed by atoms with E-state index in [0.29, 0.717) is 13.1 Å². The van der Waals surface area contributed by atoms with Crippen LogP contribution < -0.4 is 10.6 Å². The van der Waals surface area contributed by atoms with Crippen LogP contribution in [-0.4, -0.2) is 49.7 Å². The molecular formula is C15H23N3O4. The lowest BCUT2D eigenvalue weighted by Gasteiger charge is -2.24. The smallest absolute Gasteiger partial charge is 0.321 e. The molecule has 1 fully saturated rings. The first-order valence-corrected chi connectivity index (χ1v) is 7.55. The molecule has 1 unspecified atom stereocenters. The van der Waals surface area contributed by atoms with Crippen LogP contribution in [-0.2, 0) is 16.1 Å². The molecule has 1 aromatic rings. The third kappa shape index (κ3) is 5.50. The molecule has 0 saturated carbocycles. The summed E-state index contributed by atoms with van der Waals surface area (Å²) in [5, 5.41) is 4.63. The summed E-state index contributed by atoms with van der Waals surface area (Å²) in [6.07, 6.45) is 4.21. The van der Waals surface area contributed by atoms with Crippen LogP contribution in [0, 0.1) is 0 Å². The minimum Gasteiger partial charge on any atom is -0.468 e. The molecule has 7 heteroatoms. The number of imide groups is 1. The van der Waals surface area contributed by atoms with Crippen LogP contribution in [0.4, 0.5) is 4.79 Å². The molecule has 1 saturated heterocycles. The second kappa shape index (κ2) is 8.55. The molecule has 0 radical (unpaired) electrons. The van der Waals surface area contributed by atoms with Crippen molar-refractivity contribution in [2.45, 2.75) is 31.9 Å². The van der Waals surface area contributed by atoms with E-state index in [2.05, 4.69) is 15.5 Å². The van der Waals surface area contributed by atoms with E-state index in [1.54, 1.807) is 6.26 Å². The number of ether oxygens (including phenoxy) is 1. The lowest BCUT2D eigenvalue weighted by molar-refractivity contribution is -0.120. The maximum absolute atomic E-state index is 11.7. The molecule has 0 spiro atoms. The summed E-state index contributed by atoms with van der Waals surface area (Å²) >= 11 is 0. The Bertz CT molecular complexity index is 469. The van der Waals surface area contributed by atoms with Crippen LogP contribution in [0.1, 0.15) is 25.0 Å². The lowest BCUT2D eigenvalue weighted by Crippen LogP contribution is -2.40. The molecule has 2 heterocycles. The monoisotopic (exact) mass is 309 g/mol. The first kappa shape index (κ1) is 16.5. The summed E-state index contributed by atoms with van der Waals surface area (Å²) in [6.45, 7) is 2.73. The Labute approximate surface area is 130 Å². The number of hydrogen-bond donors (Lipinski definition) is 2. The number of amides is 3. The highest BCUT2D eigenvalue weighted by atomic mass is 16.5. The fraction of sp³-hybridized carbons (Fsp3) is 0.600. The van der Waals surface area contributed by atoms with Gasteiger partial charge in [-0.15, -0.1) is 0 Å². The second-order valence-corrected chi connectivity index (χ2v) is 5.33. The molecule has 1 aliphatic rings. The van der Waals surface area contributed by atoms with Crippen LogP contribution in [0.15, 0.2) is 22.8 Å². The van der Waals surface area contributed by atoms with Crippen molar-refractivity contribution in [1.29, 1.82) is 0 Å². The maximum Gasteiger partial charge on any atom is 0.321 e. The van der Waals surface area contributed by atoms with Crippen LogP contribution in [0.25, 0.3) is 0 Å². The molecule has 1 aliphatic heterocycles. The number of rotatable bonds is 7. The van der Waals surface area contributed by atoms with Gasteiger partial charge in [-0.05, 0) is 25.0 Å². The van der Waals surface area contributed by atoms with Gasteiger partial charge in [-0.2, -0.15) is 0 Å². The quantitative estimate of drug-likeness (QED) is 0.788. The summed E-state index contributed by atoms with van der Waals surface area (Å²) in [4.78, 5) is 24.9. The highest BCUT2D eigenvalue weighted by Gasteiger charge is 2.20. The zero-order valence-corrected chi connectivity index (χ0v) is 12.8. The molecule has 2 N–H and O–H groups in total. The van der Waals surface area contributed by atoms with E-state index in [1.165, 1.54) is 7.05 Å². The molecular weight excluding hydrogens is 286 g/mol. The molecule has 22 heavy (non-hydrogen) atoms. The largest absolute Gasteiger partial charge is 0.468 e. The van der Waals surface area contributed by atoms with Crippen LogP contribution in [0.5, 0.6) is 0 Å². The van der Waals surface area contributed by atoms with Crippen molar-refractivity contribution in [3.63, 3.8) is 0 Å². The van der Waals surface area contributed by atoms with Gasteiger partial charge in [-0.1, -0.05) is 0 Å². The minimum atomic E-state index is -0.485. The van der Waals surface area contributed by atoms with Crippen molar-refractivity contribution < 1.29 is 18.7 Å². The van der Waals surface area contributed by atoms with E-state index < -0.39 is 6.03 Å². The Kier molecular flexibility index (Phi) is 6.42. The van der Waals surface area contributed by atoms with Crippen LogP contribution in [0.3, 0.4) is 0 Å². The summed E-state index contributed by atoms with van der Waals surface area (Å²) in [6, 6.07) is 3.27. The number of carbonyl (C=O) groups excluding carboxylic acids is 2. The topological polar surface area (TPSA) is 83.8 Å². The van der Waals surface area contributed by atoms with Crippen LogP contribution >= 0.6 is 0 Å². The summed E-state index contributed by atoms with van der Waals surface area (Å²) in [5.74, 6) is 0.556. The molecule has 0 aromatic carbocycles. The van der Waals surface area contributed by atoms with Crippen molar-refractivity contribution in [1.82, 2.24) is 15.5 Å². The van der Waals surface area contributed by atoms with Gasteiger partial charge in [0, 0.05) is 33.2 Å². The van der Waals surface area contributed by atoms with Gasteiger partial charge in [-0.3, -0.25) is 15.0 Å². The van der Waals surface area contributed by atoms with E-state index >= 15 is 0 Å². The molecule has 1 aromatic heterocycles. The van der Waals surface area contributed by atoms with Gasteiger partial charge in [0.2, 0.25) is 5.91 Å². The normalized spacial score (nSPS) is 17.6. The van der Waals surface area contributed by atoms with E-state index in [-0.39, 0.29) is 18.4 Å². The Morgan fingerprint density at radius 3 is 2.95 bits per heavy atom. The number of furan rings is 1. The Balaban J connectivity index is 1.83. The lowest BCUT2D eigenvalue weighted by atomic mass is 10.2. The zero-order valence-electron chi connectivity index (χ0n) is 12.8. The number of carbonyl (C=O) groups is 2. The van der Waals surface area contributed by atoms with E-state index in [4.69, 9.17) is 9.15 Å². The van der Waals surface area contributed by atoms with Gasteiger partial charge in [-0.25, -0.2) is 4.79 Å². The van der Waals surface area contributed by atoms with Gasteiger partial charge in [0.25, 0.3) is 0 Å². The SMILES string of the molecule is CNC(=O)NC(=O)CCN(Cc1ccco1)CC1CCCO1. The Morgan fingerprint density at radius 2 is 2.32 bits per heavy atom. The average molecular weight is 309 g/mol. The average Bonchev–Trinajstić information content (AvgIpc) is 3.18. The van der Waals surface area contributed by atoms with E-state index in [0.717, 1.165) is 31.8 Å². The number of nitrogens with one attached hydrogen (secondary N) is 2. The van der Waals surface area contributed by atoms with Gasteiger partial charge >= 0.3 is 6.03 Å². The summed E-state index contributed by atoms with van der Waals surface area (Å²) in [7, 11) is 1.48. The molecule has 7 nitrogen and oxygen atoms in total. The highest BCUT2D eigenvalue weighted by Crippen LogP contribution is 2.15. The van der Waals surface area contributed by atoms with Gasteiger partial charge in [0.15, 0.2) is 0 Å². The van der Waals surface area contributed by atoms with E-state index in [1.807, 2.05) is 12.1 Å². The number of nitrogens with zero attached hydrogens (tertiary/aromatic N) is 1. The number of hydrogen-bond acceptors (Lipinski definition) is 5. The minimum absolute atomic E-state index is 0.206. The molecule has 2 rings (SSSR count). The maximum atomic E-state index is 11.7. The predicted molar refractivity (Wildman–Crippen MR) is 80.2 cm³/mol. The third-order valence-corrected chi connectivity index (χ3v) is 3.58. The fourth-order valence-electron chi connectivity index (χ4n) is 2.45. The van der Waals surface area contributed by atoms with Crippen molar-refractivity contribution in [2.24, 2.45) is 0 Å². The van der Waals surface area contributed by atoms with E-state index in [9.17, 15) is 9.59 Å². The van der Waals surface area contributed by atoms with Gasteiger partial charge in [0.1, 0.15) is 5.76 Å². The third-order valence-electron chi connectivity index (χ3n) is 3.58. The predicted octanol–water partition coefficient (Wildman–Crippen LogP) is 1.11. The van der Waals surface area contributed by atoms with Crippen LogP contribution in [0.2, 0.25) is 0 Å². The van der Waals surface area contributed by atoms with Gasteiger partial charge in [0.05, 0.1) is 18.9 Å². The zero-order chi connectivity index (χ0) is 15.8. The van der Waals surface area contributed by atoms with Crippen molar-refractivity contribution >= 4 is 11.9 Å². The molecule has 122 valence electrons. The fourth-order valence-corrected chi connectivity index (χ4v) is 2.45. The van der Waals surface area contributed by atoms with Crippen molar-refractivity contribution in [3.05, 3.63) is 24.2 Å². The van der Waals surface area contributed by atoms with Crippen molar-refractivity contribution in [2.75, 3.05) is 26.7 Å². The Hall–Kier alpha value is -1.86. The molecule has 3 amide bonds. The van der Waals surface area contributed by atoms with Crippen molar-refractivity contribution in [3.8, 4) is 0 Å². The Morgan fingerprint density at radius 1 is 1.45 bits per heavy atom. The first-order chi connectivity index (χ1) is 10.7. The first-order valence-electron chi connectivity index (χ1n) is 7.55. The standard InChI is InChI=1S/C15H23N3O4/c1-16-15(20)17-14(19)6-7-18(10-12-4-2-8-21-12)11-13-5-3-9-22-13/h2,4,8,13H,3,5-7,9-11H2,1H3,(H2,16,17,19,20). The molecule has 0 aliphatic carbocycles. The summed E-state index contributed by atoms with van der Waals surface area (Å²) in [5.41, 5.74) is 0. The highest BCUT2D eigenvalue weighted by molar-refractivity contribution is 5.94. The molecule has 1 atom stereocenters. The second-order valence-electron chi connectivity index (χ2n) is 5.33. The number of urea groups is 1. The molecule has 0 bridgehead atoms. The summed E-state index contributed by atoms with van der Waals surface area (Å²) < 4.78 is 11.0.